The van der Waals surface area contributed by atoms with Crippen LogP contribution in [0.2, 0.25) is 0 Å². The second kappa shape index (κ2) is 5.11. The highest BCUT2D eigenvalue weighted by Gasteiger charge is 2.25. The van der Waals surface area contributed by atoms with Gasteiger partial charge >= 0.3 is 6.09 Å². The number of amides is 1. The number of hydrogen-bond donors (Lipinski definition) is 1. The quantitative estimate of drug-likeness (QED) is 0.782. The number of rotatable bonds is 0. The maximum Gasteiger partial charge on any atom is 0.410 e. The fraction of sp³-hybridized carbons (Fsp3) is 0.533. The molecule has 0 bridgehead atoms. The molecule has 1 aromatic rings. The third kappa shape index (κ3) is 3.40. The van der Waals surface area contributed by atoms with Crippen LogP contribution in [-0.4, -0.2) is 28.2 Å². The Bertz CT molecular complexity index is 477. The highest BCUT2D eigenvalue weighted by molar-refractivity contribution is 5.68. The van der Waals surface area contributed by atoms with E-state index in [1.54, 1.807) is 11.0 Å². The number of hydrogen-bond acceptors (Lipinski definition) is 3. The summed E-state index contributed by atoms with van der Waals surface area (Å²) in [5.74, 6) is 0.323. The third-order valence-corrected chi connectivity index (χ3v) is 3.12. The molecule has 0 saturated carbocycles. The first-order valence-electron chi connectivity index (χ1n) is 6.64. The Morgan fingerprint density at radius 2 is 2.11 bits per heavy atom. The van der Waals surface area contributed by atoms with E-state index in [4.69, 9.17) is 4.74 Å². The molecule has 0 radical (unpaired) electrons. The van der Waals surface area contributed by atoms with Crippen molar-refractivity contribution in [1.82, 2.24) is 4.90 Å². The number of nitrogens with zero attached hydrogens (tertiary/aromatic N) is 1. The Morgan fingerprint density at radius 1 is 1.37 bits per heavy atom. The van der Waals surface area contributed by atoms with Gasteiger partial charge in [0.1, 0.15) is 11.4 Å². The van der Waals surface area contributed by atoms with Crippen LogP contribution in [0.4, 0.5) is 4.79 Å². The molecule has 1 amide bonds. The van der Waals surface area contributed by atoms with Gasteiger partial charge in [0.05, 0.1) is 0 Å². The van der Waals surface area contributed by atoms with Gasteiger partial charge in [-0.05, 0) is 50.8 Å². The topological polar surface area (TPSA) is 49.8 Å². The van der Waals surface area contributed by atoms with Crippen LogP contribution in [0.15, 0.2) is 18.2 Å². The summed E-state index contributed by atoms with van der Waals surface area (Å²) in [5.41, 5.74) is 1.47. The molecule has 4 nitrogen and oxygen atoms in total. The van der Waals surface area contributed by atoms with Gasteiger partial charge in [0.15, 0.2) is 0 Å². The van der Waals surface area contributed by atoms with E-state index in [1.165, 1.54) is 0 Å². The van der Waals surface area contributed by atoms with Crippen molar-refractivity contribution >= 4 is 6.09 Å². The number of carbonyl (C=O) groups excluding carboxylic acids is 1. The summed E-state index contributed by atoms with van der Waals surface area (Å²) in [6, 6.07) is 5.46. The van der Waals surface area contributed by atoms with E-state index >= 15 is 0 Å². The Labute approximate surface area is 114 Å². The minimum Gasteiger partial charge on any atom is -0.508 e. The fourth-order valence-corrected chi connectivity index (χ4v) is 2.27. The van der Waals surface area contributed by atoms with Gasteiger partial charge in [-0.3, -0.25) is 0 Å². The molecule has 0 aromatic heterocycles. The number of aromatic hydroxyl groups is 1. The van der Waals surface area contributed by atoms with Crippen LogP contribution >= 0.6 is 0 Å². The molecule has 1 aliphatic heterocycles. The summed E-state index contributed by atoms with van der Waals surface area (Å²) in [5, 5.41) is 9.86. The molecule has 0 aliphatic carbocycles. The second-order valence-corrected chi connectivity index (χ2v) is 5.92. The number of fused-ring (bicyclic) bond motifs is 1. The Kier molecular flexibility index (Phi) is 3.69. The highest BCUT2D eigenvalue weighted by atomic mass is 16.6. The van der Waals surface area contributed by atoms with Crippen molar-refractivity contribution in [3.63, 3.8) is 0 Å². The first-order valence-corrected chi connectivity index (χ1v) is 6.64. The van der Waals surface area contributed by atoms with Crippen LogP contribution < -0.4 is 0 Å². The molecule has 104 valence electrons. The number of phenolic OH excluding ortho intramolecular Hbond substituents is 1. The van der Waals surface area contributed by atoms with Gasteiger partial charge in [-0.1, -0.05) is 12.1 Å². The van der Waals surface area contributed by atoms with Crippen molar-refractivity contribution in [2.24, 2.45) is 0 Å². The zero-order valence-corrected chi connectivity index (χ0v) is 11.8. The van der Waals surface area contributed by atoms with Crippen molar-refractivity contribution in [3.8, 4) is 5.75 Å². The van der Waals surface area contributed by atoms with E-state index in [9.17, 15) is 9.90 Å². The average molecular weight is 263 g/mol. The molecule has 2 rings (SSSR count). The standard InChI is InChI=1S/C15H21NO3/c1-15(2,3)19-14(18)16-9-5-7-12-11(10-16)6-4-8-13(12)17/h4,6,8,17H,5,7,9-10H2,1-3H3. The lowest BCUT2D eigenvalue weighted by atomic mass is 10.0. The van der Waals surface area contributed by atoms with E-state index in [0.717, 1.165) is 24.0 Å². The van der Waals surface area contributed by atoms with Crippen LogP contribution in [0.25, 0.3) is 0 Å². The van der Waals surface area contributed by atoms with E-state index in [-0.39, 0.29) is 6.09 Å². The van der Waals surface area contributed by atoms with Crippen molar-refractivity contribution in [3.05, 3.63) is 29.3 Å². The maximum atomic E-state index is 12.1. The first kappa shape index (κ1) is 13.7. The molecule has 19 heavy (non-hydrogen) atoms. The maximum absolute atomic E-state index is 12.1. The average Bonchev–Trinajstić information content (AvgIpc) is 2.50. The minimum absolute atomic E-state index is 0.288. The summed E-state index contributed by atoms with van der Waals surface area (Å²) in [6.45, 7) is 6.75. The first-order chi connectivity index (χ1) is 8.87. The van der Waals surface area contributed by atoms with Gasteiger partial charge in [-0.25, -0.2) is 4.79 Å². The smallest absolute Gasteiger partial charge is 0.410 e. The zero-order valence-electron chi connectivity index (χ0n) is 11.8. The predicted molar refractivity (Wildman–Crippen MR) is 73.1 cm³/mol. The molecule has 4 heteroatoms. The van der Waals surface area contributed by atoms with Crippen LogP contribution in [-0.2, 0) is 17.7 Å². The van der Waals surface area contributed by atoms with Crippen LogP contribution in [0.1, 0.15) is 38.3 Å². The number of benzene rings is 1. The summed E-state index contributed by atoms with van der Waals surface area (Å²) in [7, 11) is 0. The van der Waals surface area contributed by atoms with Gasteiger partial charge in [0.25, 0.3) is 0 Å². The van der Waals surface area contributed by atoms with E-state index in [0.29, 0.717) is 18.8 Å². The van der Waals surface area contributed by atoms with E-state index in [1.807, 2.05) is 32.9 Å². The largest absolute Gasteiger partial charge is 0.508 e. The van der Waals surface area contributed by atoms with Gasteiger partial charge in [-0.2, -0.15) is 0 Å². The number of ether oxygens (including phenoxy) is 1. The normalized spacial score (nSPS) is 15.6. The van der Waals surface area contributed by atoms with E-state index in [2.05, 4.69) is 0 Å². The molecule has 0 fully saturated rings. The molecular weight excluding hydrogens is 242 g/mol. The predicted octanol–water partition coefficient (Wildman–Crippen LogP) is 3.08. The monoisotopic (exact) mass is 263 g/mol. The Hall–Kier alpha value is -1.71. The van der Waals surface area contributed by atoms with Gasteiger partial charge < -0.3 is 14.7 Å². The van der Waals surface area contributed by atoms with Crippen molar-refractivity contribution in [2.45, 2.75) is 45.8 Å². The summed E-state index contributed by atoms with van der Waals surface area (Å²) >= 11 is 0. The number of phenols is 1. The molecule has 0 atom stereocenters. The van der Waals surface area contributed by atoms with Gasteiger partial charge in [0.2, 0.25) is 0 Å². The molecule has 1 heterocycles. The van der Waals surface area contributed by atoms with Gasteiger partial charge in [-0.15, -0.1) is 0 Å². The summed E-state index contributed by atoms with van der Waals surface area (Å²) < 4.78 is 5.40. The van der Waals surface area contributed by atoms with Crippen LogP contribution in [0.3, 0.4) is 0 Å². The fourth-order valence-electron chi connectivity index (χ4n) is 2.27. The zero-order chi connectivity index (χ0) is 14.0. The molecule has 0 unspecified atom stereocenters. The molecular formula is C15H21NO3. The summed E-state index contributed by atoms with van der Waals surface area (Å²) in [4.78, 5) is 13.8. The summed E-state index contributed by atoms with van der Waals surface area (Å²) in [6.07, 6.45) is 1.34. The highest BCUT2D eigenvalue weighted by Crippen LogP contribution is 2.27. The molecule has 0 saturated heterocycles. The van der Waals surface area contributed by atoms with Crippen molar-refractivity contribution in [2.75, 3.05) is 6.54 Å². The van der Waals surface area contributed by atoms with E-state index < -0.39 is 5.60 Å². The Balaban J connectivity index is 2.16. The van der Waals surface area contributed by atoms with Crippen molar-refractivity contribution in [1.29, 1.82) is 0 Å². The van der Waals surface area contributed by atoms with Crippen LogP contribution in [0.5, 0.6) is 5.75 Å². The second-order valence-electron chi connectivity index (χ2n) is 5.92. The number of carbonyl (C=O) groups is 1. The minimum atomic E-state index is -0.481. The molecule has 0 spiro atoms. The van der Waals surface area contributed by atoms with Crippen LogP contribution in [0, 0.1) is 0 Å². The lowest BCUT2D eigenvalue weighted by Gasteiger charge is -2.26. The third-order valence-electron chi connectivity index (χ3n) is 3.12. The van der Waals surface area contributed by atoms with Crippen molar-refractivity contribution < 1.29 is 14.6 Å². The molecule has 1 aliphatic rings. The SMILES string of the molecule is CC(C)(C)OC(=O)N1CCCc2c(O)cccc2C1. The molecule has 1 aromatic carbocycles. The molecule has 1 N–H and O–H groups in total. The Morgan fingerprint density at radius 3 is 2.79 bits per heavy atom. The lowest BCUT2D eigenvalue weighted by Crippen LogP contribution is -2.36. The lowest BCUT2D eigenvalue weighted by molar-refractivity contribution is 0.0237. The van der Waals surface area contributed by atoms with Gasteiger partial charge in [0, 0.05) is 13.1 Å².